The number of halogens is 1. The standard InChI is InChI=1S/C16H19FN2O3S2/c1-11-16(12(2)22-18-11)24(20,21)19-8-7-15(23-10-9-19)13-5-3-4-6-14(13)17/h3-6,15H,7-10H2,1-2H3. The van der Waals surface area contributed by atoms with Crippen LogP contribution in [0.25, 0.3) is 0 Å². The molecule has 1 saturated heterocycles. The van der Waals surface area contributed by atoms with Gasteiger partial charge in [0.25, 0.3) is 0 Å². The second-order valence-corrected chi connectivity index (χ2v) is 8.91. The molecule has 0 aliphatic carbocycles. The van der Waals surface area contributed by atoms with E-state index in [0.29, 0.717) is 42.3 Å². The van der Waals surface area contributed by atoms with Crippen molar-refractivity contribution >= 4 is 21.8 Å². The largest absolute Gasteiger partial charge is 0.360 e. The molecule has 8 heteroatoms. The number of hydrogen-bond donors (Lipinski definition) is 0. The average Bonchev–Trinajstić information content (AvgIpc) is 2.76. The predicted molar refractivity (Wildman–Crippen MR) is 91.0 cm³/mol. The number of rotatable bonds is 3. The summed E-state index contributed by atoms with van der Waals surface area (Å²) >= 11 is 1.59. The number of nitrogens with zero attached hydrogens (tertiary/aromatic N) is 2. The Morgan fingerprint density at radius 2 is 2.04 bits per heavy atom. The van der Waals surface area contributed by atoms with E-state index in [0.717, 1.165) is 0 Å². The van der Waals surface area contributed by atoms with Crippen molar-refractivity contribution < 1.29 is 17.3 Å². The van der Waals surface area contributed by atoms with Crippen LogP contribution in [0, 0.1) is 19.7 Å². The van der Waals surface area contributed by atoms with E-state index < -0.39 is 10.0 Å². The molecule has 1 unspecified atom stereocenters. The Morgan fingerprint density at radius 3 is 2.71 bits per heavy atom. The minimum absolute atomic E-state index is 0.0453. The third-order valence-corrected chi connectivity index (χ3v) is 7.57. The Morgan fingerprint density at radius 1 is 1.29 bits per heavy atom. The zero-order valence-corrected chi connectivity index (χ0v) is 15.2. The van der Waals surface area contributed by atoms with Crippen molar-refractivity contribution in [3.05, 3.63) is 47.1 Å². The van der Waals surface area contributed by atoms with E-state index in [1.807, 2.05) is 6.07 Å². The van der Waals surface area contributed by atoms with Crippen molar-refractivity contribution in [2.75, 3.05) is 18.8 Å². The van der Waals surface area contributed by atoms with Gasteiger partial charge in [-0.2, -0.15) is 16.1 Å². The van der Waals surface area contributed by atoms with E-state index in [1.54, 1.807) is 37.7 Å². The number of sulfonamides is 1. The summed E-state index contributed by atoms with van der Waals surface area (Å²) in [5.74, 6) is 0.675. The van der Waals surface area contributed by atoms with Gasteiger partial charge in [0.05, 0.1) is 0 Å². The van der Waals surface area contributed by atoms with Crippen LogP contribution in [0.5, 0.6) is 0 Å². The highest BCUT2D eigenvalue weighted by Gasteiger charge is 2.33. The van der Waals surface area contributed by atoms with Crippen LogP contribution in [0.1, 0.15) is 28.7 Å². The van der Waals surface area contributed by atoms with E-state index in [1.165, 1.54) is 10.4 Å². The fraction of sp³-hybridized carbons (Fsp3) is 0.438. The predicted octanol–water partition coefficient (Wildman–Crippen LogP) is 3.30. The molecule has 0 amide bonds. The normalized spacial score (nSPS) is 20.0. The Kier molecular flexibility index (Phi) is 4.98. The van der Waals surface area contributed by atoms with E-state index >= 15 is 0 Å². The Hall–Kier alpha value is -1.38. The fourth-order valence-corrected chi connectivity index (χ4v) is 6.06. The van der Waals surface area contributed by atoms with Crippen LogP contribution in [0.4, 0.5) is 4.39 Å². The summed E-state index contributed by atoms with van der Waals surface area (Å²) in [5, 5.41) is 3.69. The molecule has 1 aromatic heterocycles. The lowest BCUT2D eigenvalue weighted by Gasteiger charge is -2.19. The van der Waals surface area contributed by atoms with Crippen molar-refractivity contribution in [3.8, 4) is 0 Å². The van der Waals surface area contributed by atoms with Gasteiger partial charge in [-0.25, -0.2) is 12.8 Å². The van der Waals surface area contributed by atoms with Gasteiger partial charge in [-0.3, -0.25) is 0 Å². The molecule has 0 saturated carbocycles. The quantitative estimate of drug-likeness (QED) is 0.829. The Bertz CT molecular complexity index is 816. The maximum atomic E-state index is 14.0. The van der Waals surface area contributed by atoms with Gasteiger partial charge in [-0.1, -0.05) is 23.4 Å². The molecule has 130 valence electrons. The number of thioether (sulfide) groups is 1. The smallest absolute Gasteiger partial charge is 0.248 e. The van der Waals surface area contributed by atoms with Gasteiger partial charge in [0.1, 0.15) is 16.4 Å². The van der Waals surface area contributed by atoms with Crippen molar-refractivity contribution in [1.82, 2.24) is 9.46 Å². The lowest BCUT2D eigenvalue weighted by molar-refractivity contribution is 0.388. The molecule has 0 radical (unpaired) electrons. The molecule has 0 N–H and O–H groups in total. The number of benzene rings is 1. The highest BCUT2D eigenvalue weighted by Crippen LogP contribution is 2.37. The van der Waals surface area contributed by atoms with Crippen LogP contribution in [-0.2, 0) is 10.0 Å². The molecule has 1 fully saturated rings. The fourth-order valence-electron chi connectivity index (χ4n) is 2.95. The summed E-state index contributed by atoms with van der Waals surface area (Å²) in [5.41, 5.74) is 1.01. The van der Waals surface area contributed by atoms with Crippen LogP contribution in [0.3, 0.4) is 0 Å². The first-order valence-corrected chi connectivity index (χ1v) is 10.2. The SMILES string of the molecule is Cc1noc(C)c1S(=O)(=O)N1CCSC(c2ccccc2F)CC1. The first-order chi connectivity index (χ1) is 11.4. The van der Waals surface area contributed by atoms with Gasteiger partial charge in [0.15, 0.2) is 5.76 Å². The molecule has 5 nitrogen and oxygen atoms in total. The maximum Gasteiger partial charge on any atom is 0.248 e. The summed E-state index contributed by atoms with van der Waals surface area (Å²) in [6.07, 6.45) is 0.564. The van der Waals surface area contributed by atoms with E-state index in [9.17, 15) is 12.8 Å². The zero-order valence-electron chi connectivity index (χ0n) is 13.5. The van der Waals surface area contributed by atoms with E-state index in [-0.39, 0.29) is 16.0 Å². The van der Waals surface area contributed by atoms with Gasteiger partial charge in [0.2, 0.25) is 10.0 Å². The summed E-state index contributed by atoms with van der Waals surface area (Å²) < 4.78 is 46.2. The lowest BCUT2D eigenvalue weighted by Crippen LogP contribution is -2.33. The zero-order chi connectivity index (χ0) is 17.3. The maximum absolute atomic E-state index is 14.0. The van der Waals surface area contributed by atoms with Crippen LogP contribution in [-0.4, -0.2) is 36.7 Å². The van der Waals surface area contributed by atoms with Crippen LogP contribution < -0.4 is 0 Å². The molecular weight excluding hydrogens is 351 g/mol. The summed E-state index contributed by atoms with van der Waals surface area (Å²) in [6, 6.07) is 6.68. The second kappa shape index (κ2) is 6.85. The third kappa shape index (κ3) is 3.22. The van der Waals surface area contributed by atoms with E-state index in [4.69, 9.17) is 4.52 Å². The highest BCUT2D eigenvalue weighted by atomic mass is 32.2. The van der Waals surface area contributed by atoms with Gasteiger partial charge < -0.3 is 4.52 Å². The first-order valence-electron chi connectivity index (χ1n) is 7.70. The monoisotopic (exact) mass is 370 g/mol. The van der Waals surface area contributed by atoms with Crippen molar-refractivity contribution in [3.63, 3.8) is 0 Å². The average molecular weight is 370 g/mol. The molecule has 1 atom stereocenters. The van der Waals surface area contributed by atoms with Crippen LogP contribution in [0.15, 0.2) is 33.7 Å². The van der Waals surface area contributed by atoms with Crippen LogP contribution >= 0.6 is 11.8 Å². The molecule has 2 aromatic rings. The first kappa shape index (κ1) is 17.4. The Balaban J connectivity index is 1.82. The molecule has 0 spiro atoms. The number of hydrogen-bond acceptors (Lipinski definition) is 5. The molecule has 0 bridgehead atoms. The summed E-state index contributed by atoms with van der Waals surface area (Å²) in [6.45, 7) is 3.96. The second-order valence-electron chi connectivity index (χ2n) is 5.73. The van der Waals surface area contributed by atoms with Gasteiger partial charge >= 0.3 is 0 Å². The Labute approximate surface area is 145 Å². The number of aromatic nitrogens is 1. The molecular formula is C16H19FN2O3S2. The van der Waals surface area contributed by atoms with Gasteiger partial charge in [-0.15, -0.1) is 0 Å². The molecule has 3 rings (SSSR count). The lowest BCUT2D eigenvalue weighted by atomic mass is 10.1. The topological polar surface area (TPSA) is 63.4 Å². The molecule has 1 aliphatic heterocycles. The third-order valence-electron chi connectivity index (χ3n) is 4.12. The number of aryl methyl sites for hydroxylation is 2. The van der Waals surface area contributed by atoms with Gasteiger partial charge in [0, 0.05) is 29.7 Å². The van der Waals surface area contributed by atoms with E-state index in [2.05, 4.69) is 5.16 Å². The van der Waals surface area contributed by atoms with Crippen molar-refractivity contribution in [2.45, 2.75) is 30.4 Å². The van der Waals surface area contributed by atoms with Crippen molar-refractivity contribution in [2.24, 2.45) is 0 Å². The molecule has 1 aliphatic rings. The molecule has 24 heavy (non-hydrogen) atoms. The minimum atomic E-state index is -3.65. The summed E-state index contributed by atoms with van der Waals surface area (Å²) in [7, 11) is -3.65. The minimum Gasteiger partial charge on any atom is -0.360 e. The molecule has 2 heterocycles. The highest BCUT2D eigenvalue weighted by molar-refractivity contribution is 7.99. The molecule has 1 aromatic carbocycles. The van der Waals surface area contributed by atoms with Crippen molar-refractivity contribution in [1.29, 1.82) is 0 Å². The summed E-state index contributed by atoms with van der Waals surface area (Å²) in [4.78, 5) is 0.150. The van der Waals surface area contributed by atoms with Crippen LogP contribution in [0.2, 0.25) is 0 Å². The van der Waals surface area contributed by atoms with Gasteiger partial charge in [-0.05, 0) is 26.3 Å².